The minimum Gasteiger partial charge on any atom is -0.384 e. The summed E-state index contributed by atoms with van der Waals surface area (Å²) in [5, 5.41) is 4.66. The third-order valence-electron chi connectivity index (χ3n) is 2.70. The number of halogens is 1. The van der Waals surface area contributed by atoms with E-state index in [0.29, 0.717) is 0 Å². The van der Waals surface area contributed by atoms with Crippen molar-refractivity contribution in [3.63, 3.8) is 0 Å². The Hall–Kier alpha value is -1.09. The van der Waals surface area contributed by atoms with Gasteiger partial charge in [0.25, 0.3) is 0 Å². The quantitative estimate of drug-likeness (QED) is 0.905. The van der Waals surface area contributed by atoms with Crippen LogP contribution in [0.25, 0.3) is 10.9 Å². The number of anilines is 1. The number of nitrogens with one attached hydrogen (secondary N) is 1. The average molecular weight is 293 g/mol. The van der Waals surface area contributed by atoms with Crippen molar-refractivity contribution in [3.05, 3.63) is 33.9 Å². The number of hydrogen-bond acceptors (Lipinski definition) is 2. The number of benzene rings is 1. The van der Waals surface area contributed by atoms with E-state index in [0.717, 1.165) is 28.6 Å². The van der Waals surface area contributed by atoms with E-state index in [1.54, 1.807) is 0 Å². The van der Waals surface area contributed by atoms with Crippen LogP contribution >= 0.6 is 15.9 Å². The third-order valence-corrected chi connectivity index (χ3v) is 3.31. The van der Waals surface area contributed by atoms with Crippen molar-refractivity contribution in [1.82, 2.24) is 4.98 Å². The lowest BCUT2D eigenvalue weighted by molar-refractivity contribution is 0.980. The number of pyridine rings is 1. The van der Waals surface area contributed by atoms with Crippen LogP contribution in [0.3, 0.4) is 0 Å². The molecule has 0 saturated carbocycles. The van der Waals surface area contributed by atoms with Gasteiger partial charge in [0.05, 0.1) is 5.52 Å². The predicted molar refractivity (Wildman–Crippen MR) is 77.7 cm³/mol. The smallest absolute Gasteiger partial charge is 0.0868 e. The van der Waals surface area contributed by atoms with Crippen molar-refractivity contribution >= 4 is 32.5 Å². The molecule has 17 heavy (non-hydrogen) atoms. The van der Waals surface area contributed by atoms with Crippen molar-refractivity contribution in [2.45, 2.75) is 27.2 Å². The molecule has 0 unspecified atom stereocenters. The zero-order valence-corrected chi connectivity index (χ0v) is 12.1. The second-order valence-electron chi connectivity index (χ2n) is 4.38. The lowest BCUT2D eigenvalue weighted by Crippen LogP contribution is -2.02. The monoisotopic (exact) mass is 292 g/mol. The SMILES string of the molecule is CCCNc1cc(C)nc2c(Br)cc(C)cc12. The molecule has 90 valence electrons. The molecule has 2 aromatic rings. The van der Waals surface area contributed by atoms with Crippen LogP contribution in [0.2, 0.25) is 0 Å². The summed E-state index contributed by atoms with van der Waals surface area (Å²) in [6.45, 7) is 7.30. The van der Waals surface area contributed by atoms with Crippen LogP contribution in [0.5, 0.6) is 0 Å². The molecule has 0 saturated heterocycles. The van der Waals surface area contributed by atoms with Gasteiger partial charge in [0.1, 0.15) is 0 Å². The van der Waals surface area contributed by atoms with E-state index in [1.807, 2.05) is 6.92 Å². The molecule has 0 atom stereocenters. The highest BCUT2D eigenvalue weighted by Gasteiger charge is 2.07. The molecule has 1 aromatic carbocycles. The Kier molecular flexibility index (Phi) is 3.67. The maximum absolute atomic E-state index is 4.60. The first kappa shape index (κ1) is 12.4. The number of nitrogens with zero attached hydrogens (tertiary/aromatic N) is 1. The fraction of sp³-hybridized carbons (Fsp3) is 0.357. The van der Waals surface area contributed by atoms with Gasteiger partial charge in [-0.15, -0.1) is 0 Å². The highest BCUT2D eigenvalue weighted by atomic mass is 79.9. The first-order valence-corrected chi connectivity index (χ1v) is 6.72. The number of aryl methyl sites for hydroxylation is 2. The van der Waals surface area contributed by atoms with Crippen LogP contribution in [0.1, 0.15) is 24.6 Å². The molecular formula is C14H17BrN2. The zero-order chi connectivity index (χ0) is 12.4. The van der Waals surface area contributed by atoms with E-state index in [4.69, 9.17) is 0 Å². The highest BCUT2D eigenvalue weighted by molar-refractivity contribution is 9.10. The van der Waals surface area contributed by atoms with Crippen LogP contribution in [-0.2, 0) is 0 Å². The predicted octanol–water partition coefficient (Wildman–Crippen LogP) is 4.44. The first-order valence-electron chi connectivity index (χ1n) is 5.93. The van der Waals surface area contributed by atoms with Gasteiger partial charge in [0.15, 0.2) is 0 Å². The molecule has 0 aliphatic heterocycles. The Morgan fingerprint density at radius 1 is 1.24 bits per heavy atom. The van der Waals surface area contributed by atoms with Crippen molar-refractivity contribution in [2.75, 3.05) is 11.9 Å². The molecular weight excluding hydrogens is 276 g/mol. The number of aromatic nitrogens is 1. The van der Waals surface area contributed by atoms with Gasteiger partial charge in [-0.1, -0.05) is 6.92 Å². The molecule has 0 spiro atoms. The van der Waals surface area contributed by atoms with Gasteiger partial charge in [0.2, 0.25) is 0 Å². The van der Waals surface area contributed by atoms with Crippen LogP contribution in [0.4, 0.5) is 5.69 Å². The van der Waals surface area contributed by atoms with Gasteiger partial charge in [-0.2, -0.15) is 0 Å². The largest absolute Gasteiger partial charge is 0.384 e. The lowest BCUT2D eigenvalue weighted by Gasteiger charge is -2.11. The normalized spacial score (nSPS) is 10.8. The van der Waals surface area contributed by atoms with Gasteiger partial charge in [0, 0.05) is 27.8 Å². The summed E-state index contributed by atoms with van der Waals surface area (Å²) in [5.41, 5.74) is 4.50. The van der Waals surface area contributed by atoms with Crippen molar-refractivity contribution in [2.24, 2.45) is 0 Å². The molecule has 0 aliphatic rings. The molecule has 0 fully saturated rings. The second kappa shape index (κ2) is 5.05. The van der Waals surface area contributed by atoms with E-state index >= 15 is 0 Å². The van der Waals surface area contributed by atoms with E-state index in [2.05, 4.69) is 58.3 Å². The minimum absolute atomic E-state index is 0.990. The Balaban J connectivity index is 2.64. The molecule has 2 nitrogen and oxygen atoms in total. The minimum atomic E-state index is 0.990. The summed E-state index contributed by atoms with van der Waals surface area (Å²) >= 11 is 3.59. The maximum Gasteiger partial charge on any atom is 0.0868 e. The molecule has 0 bridgehead atoms. The summed E-state index contributed by atoms with van der Waals surface area (Å²) in [6, 6.07) is 6.41. The molecule has 0 aliphatic carbocycles. The van der Waals surface area contributed by atoms with Gasteiger partial charge >= 0.3 is 0 Å². The van der Waals surface area contributed by atoms with Crippen LogP contribution < -0.4 is 5.32 Å². The maximum atomic E-state index is 4.60. The number of fused-ring (bicyclic) bond motifs is 1. The van der Waals surface area contributed by atoms with Crippen molar-refractivity contribution < 1.29 is 0 Å². The van der Waals surface area contributed by atoms with Crippen LogP contribution in [0, 0.1) is 13.8 Å². The van der Waals surface area contributed by atoms with Crippen LogP contribution in [0.15, 0.2) is 22.7 Å². The topological polar surface area (TPSA) is 24.9 Å². The van der Waals surface area contributed by atoms with Crippen molar-refractivity contribution in [3.8, 4) is 0 Å². The Labute approximate surface area is 111 Å². The Morgan fingerprint density at radius 2 is 2.00 bits per heavy atom. The summed E-state index contributed by atoms with van der Waals surface area (Å²) < 4.78 is 1.07. The van der Waals surface area contributed by atoms with Crippen molar-refractivity contribution in [1.29, 1.82) is 0 Å². The van der Waals surface area contributed by atoms with Gasteiger partial charge in [-0.3, -0.25) is 4.98 Å². The van der Waals surface area contributed by atoms with E-state index in [-0.39, 0.29) is 0 Å². The summed E-state index contributed by atoms with van der Waals surface area (Å²) in [7, 11) is 0. The fourth-order valence-electron chi connectivity index (χ4n) is 1.95. The molecule has 0 amide bonds. The molecule has 1 N–H and O–H groups in total. The van der Waals surface area contributed by atoms with Gasteiger partial charge < -0.3 is 5.32 Å². The van der Waals surface area contributed by atoms with Gasteiger partial charge in [-0.05, 0) is 60.0 Å². The molecule has 1 heterocycles. The lowest BCUT2D eigenvalue weighted by atomic mass is 10.1. The van der Waals surface area contributed by atoms with E-state index < -0.39 is 0 Å². The molecule has 0 radical (unpaired) electrons. The Bertz CT molecular complexity index is 549. The second-order valence-corrected chi connectivity index (χ2v) is 5.24. The van der Waals surface area contributed by atoms with E-state index in [9.17, 15) is 0 Å². The summed E-state index contributed by atoms with van der Waals surface area (Å²) in [5.74, 6) is 0. The number of hydrogen-bond donors (Lipinski definition) is 1. The van der Waals surface area contributed by atoms with E-state index in [1.165, 1.54) is 16.6 Å². The van der Waals surface area contributed by atoms with Crippen LogP contribution in [-0.4, -0.2) is 11.5 Å². The average Bonchev–Trinajstić information content (AvgIpc) is 2.27. The standard InChI is InChI=1S/C14H17BrN2/c1-4-5-16-13-8-10(3)17-14-11(13)6-9(2)7-12(14)15/h6-8H,4-5H2,1-3H3,(H,16,17). The summed E-state index contributed by atoms with van der Waals surface area (Å²) in [4.78, 5) is 4.60. The summed E-state index contributed by atoms with van der Waals surface area (Å²) in [6.07, 6.45) is 1.12. The third kappa shape index (κ3) is 2.60. The highest BCUT2D eigenvalue weighted by Crippen LogP contribution is 2.30. The zero-order valence-electron chi connectivity index (χ0n) is 10.5. The number of rotatable bonds is 3. The molecule has 1 aromatic heterocycles. The molecule has 2 rings (SSSR count). The first-order chi connectivity index (χ1) is 8.11. The molecule has 3 heteroatoms. The Morgan fingerprint density at radius 3 is 2.71 bits per heavy atom. The fourth-order valence-corrected chi connectivity index (χ4v) is 2.62. The van der Waals surface area contributed by atoms with Gasteiger partial charge in [-0.25, -0.2) is 0 Å².